The predicted octanol–water partition coefficient (Wildman–Crippen LogP) is 5.13. The summed E-state index contributed by atoms with van der Waals surface area (Å²) in [6.45, 7) is 3.23. The molecule has 2 amide bonds. The van der Waals surface area contributed by atoms with Crippen LogP contribution >= 0.6 is 11.3 Å². The van der Waals surface area contributed by atoms with Gasteiger partial charge in [0.25, 0.3) is 5.91 Å². The first-order valence-corrected chi connectivity index (χ1v) is 12.9. The van der Waals surface area contributed by atoms with E-state index in [-0.39, 0.29) is 11.8 Å². The highest BCUT2D eigenvalue weighted by Crippen LogP contribution is 2.35. The average Bonchev–Trinajstić information content (AvgIpc) is 3.45. The number of amides is 2. The SMILES string of the molecule is COc1ccccc1CNC(=O)[C@]1(C)Cn2c(cc3ccsc32)C(=O)N1CCC1=CCCCC1. The maximum Gasteiger partial charge on any atom is 0.271 e. The van der Waals surface area contributed by atoms with Gasteiger partial charge < -0.3 is 19.5 Å². The number of methoxy groups -OCH3 is 1. The monoisotopic (exact) mass is 477 g/mol. The van der Waals surface area contributed by atoms with Gasteiger partial charge in [-0.05, 0) is 62.6 Å². The van der Waals surface area contributed by atoms with Gasteiger partial charge in [0.15, 0.2) is 0 Å². The van der Waals surface area contributed by atoms with Gasteiger partial charge in [-0.2, -0.15) is 0 Å². The Balaban J connectivity index is 1.44. The Bertz CT molecular complexity index is 1260. The molecule has 0 fully saturated rings. The summed E-state index contributed by atoms with van der Waals surface area (Å²) in [4.78, 5) is 30.3. The Morgan fingerprint density at radius 1 is 1.24 bits per heavy atom. The van der Waals surface area contributed by atoms with Crippen LogP contribution in [0, 0.1) is 0 Å². The van der Waals surface area contributed by atoms with E-state index < -0.39 is 5.54 Å². The zero-order chi connectivity index (χ0) is 23.7. The first kappa shape index (κ1) is 22.7. The number of nitrogens with zero attached hydrogens (tertiary/aromatic N) is 2. The molecule has 2 aromatic heterocycles. The quantitative estimate of drug-likeness (QED) is 0.480. The topological polar surface area (TPSA) is 63.6 Å². The summed E-state index contributed by atoms with van der Waals surface area (Å²) in [7, 11) is 1.63. The zero-order valence-electron chi connectivity index (χ0n) is 19.8. The molecule has 0 saturated heterocycles. The summed E-state index contributed by atoms with van der Waals surface area (Å²) in [6.07, 6.45) is 7.77. The van der Waals surface area contributed by atoms with Crippen molar-refractivity contribution in [1.82, 2.24) is 14.8 Å². The lowest BCUT2D eigenvalue weighted by molar-refractivity contribution is -0.133. The molecule has 7 heteroatoms. The van der Waals surface area contributed by atoms with E-state index in [9.17, 15) is 9.59 Å². The van der Waals surface area contributed by atoms with Crippen molar-refractivity contribution in [3.63, 3.8) is 0 Å². The number of carbonyl (C=O) groups excluding carboxylic acids is 2. The van der Waals surface area contributed by atoms with Crippen LogP contribution in [0.3, 0.4) is 0 Å². The number of para-hydroxylation sites is 1. The fraction of sp³-hybridized carbons (Fsp3) is 0.407. The number of nitrogens with one attached hydrogen (secondary N) is 1. The van der Waals surface area contributed by atoms with Gasteiger partial charge in [-0.3, -0.25) is 9.59 Å². The van der Waals surface area contributed by atoms with Crippen LogP contribution in [0.15, 0.2) is 53.4 Å². The third-order valence-electron chi connectivity index (χ3n) is 7.19. The summed E-state index contributed by atoms with van der Waals surface area (Å²) < 4.78 is 7.47. The van der Waals surface area contributed by atoms with E-state index >= 15 is 0 Å². The van der Waals surface area contributed by atoms with Crippen molar-refractivity contribution in [3.8, 4) is 5.75 Å². The number of hydrogen-bond acceptors (Lipinski definition) is 4. The molecule has 34 heavy (non-hydrogen) atoms. The van der Waals surface area contributed by atoms with E-state index in [1.807, 2.05) is 53.3 Å². The Kier molecular flexibility index (Phi) is 6.21. The fourth-order valence-electron chi connectivity index (χ4n) is 5.21. The molecule has 1 N–H and O–H groups in total. The molecule has 0 spiro atoms. The van der Waals surface area contributed by atoms with Gasteiger partial charge in [0.2, 0.25) is 5.91 Å². The smallest absolute Gasteiger partial charge is 0.271 e. The summed E-state index contributed by atoms with van der Waals surface area (Å²) in [6, 6.07) is 11.7. The van der Waals surface area contributed by atoms with Crippen molar-refractivity contribution >= 4 is 33.4 Å². The van der Waals surface area contributed by atoms with E-state index in [2.05, 4.69) is 11.4 Å². The molecule has 1 aromatic carbocycles. The van der Waals surface area contributed by atoms with Gasteiger partial charge in [-0.25, -0.2) is 0 Å². The highest BCUT2D eigenvalue weighted by atomic mass is 32.1. The first-order chi connectivity index (χ1) is 16.5. The summed E-state index contributed by atoms with van der Waals surface area (Å²) in [5.74, 6) is 0.524. The van der Waals surface area contributed by atoms with Crippen LogP contribution in [0.4, 0.5) is 0 Å². The second-order valence-electron chi connectivity index (χ2n) is 9.38. The number of rotatable bonds is 7. The highest BCUT2D eigenvalue weighted by Gasteiger charge is 2.47. The van der Waals surface area contributed by atoms with Crippen LogP contribution in [0.2, 0.25) is 0 Å². The normalized spacial score (nSPS) is 20.2. The van der Waals surface area contributed by atoms with Crippen LogP contribution in [-0.4, -0.2) is 40.5 Å². The van der Waals surface area contributed by atoms with Gasteiger partial charge >= 0.3 is 0 Å². The molecule has 0 radical (unpaired) electrons. The third kappa shape index (κ3) is 4.02. The van der Waals surface area contributed by atoms with Crippen molar-refractivity contribution in [2.45, 2.75) is 57.7 Å². The average molecular weight is 478 g/mol. The Hall–Kier alpha value is -3.06. The van der Waals surface area contributed by atoms with E-state index in [0.29, 0.717) is 25.3 Å². The molecule has 0 bridgehead atoms. The molecule has 1 aliphatic carbocycles. The number of thiophene rings is 1. The zero-order valence-corrected chi connectivity index (χ0v) is 20.6. The van der Waals surface area contributed by atoms with Crippen molar-refractivity contribution in [2.24, 2.45) is 0 Å². The number of carbonyl (C=O) groups is 2. The molecule has 178 valence electrons. The Labute approximate surface area is 204 Å². The van der Waals surface area contributed by atoms with E-state index in [0.717, 1.165) is 40.8 Å². The molecule has 0 unspecified atom stereocenters. The van der Waals surface area contributed by atoms with Crippen molar-refractivity contribution in [2.75, 3.05) is 13.7 Å². The molecule has 3 aromatic rings. The maximum atomic E-state index is 13.7. The molecule has 3 heterocycles. The minimum absolute atomic E-state index is 0.0685. The molecule has 6 nitrogen and oxygen atoms in total. The highest BCUT2D eigenvalue weighted by molar-refractivity contribution is 7.16. The summed E-state index contributed by atoms with van der Waals surface area (Å²) in [5.41, 5.74) is 2.00. The van der Waals surface area contributed by atoms with Gasteiger partial charge in [0.05, 0.1) is 13.7 Å². The van der Waals surface area contributed by atoms with Crippen molar-refractivity contribution in [3.05, 3.63) is 64.7 Å². The Morgan fingerprint density at radius 3 is 2.88 bits per heavy atom. The standard InChI is InChI=1S/C27H31N3O3S/c1-27(26(32)28-17-21-10-6-7-11-23(21)33-2)18-29-22(16-20-13-15-34-25(20)29)24(31)30(27)14-12-19-8-4-3-5-9-19/h6-8,10-11,13,15-16H,3-5,9,12,14,17-18H2,1-2H3,(H,28,32)/t27-/m0/s1. The van der Waals surface area contributed by atoms with Crippen LogP contribution in [0.1, 0.15) is 55.1 Å². The molecule has 0 saturated carbocycles. The van der Waals surface area contributed by atoms with Crippen molar-refractivity contribution < 1.29 is 14.3 Å². The maximum absolute atomic E-state index is 13.7. The fourth-order valence-corrected chi connectivity index (χ4v) is 6.11. The first-order valence-electron chi connectivity index (χ1n) is 12.0. The van der Waals surface area contributed by atoms with Crippen LogP contribution in [0.5, 0.6) is 5.75 Å². The van der Waals surface area contributed by atoms with Crippen LogP contribution in [-0.2, 0) is 17.9 Å². The Morgan fingerprint density at radius 2 is 2.09 bits per heavy atom. The molecule has 2 aliphatic rings. The van der Waals surface area contributed by atoms with Gasteiger partial charge in [-0.15, -0.1) is 11.3 Å². The van der Waals surface area contributed by atoms with Crippen molar-refractivity contribution in [1.29, 1.82) is 0 Å². The summed E-state index contributed by atoms with van der Waals surface area (Å²) >= 11 is 1.61. The number of hydrogen-bond donors (Lipinski definition) is 1. The third-order valence-corrected chi connectivity index (χ3v) is 8.14. The second-order valence-corrected chi connectivity index (χ2v) is 10.3. The van der Waals surface area contributed by atoms with Gasteiger partial charge in [0, 0.05) is 24.0 Å². The number of ether oxygens (including phenoxy) is 1. The lowest BCUT2D eigenvalue weighted by atomic mass is 9.92. The van der Waals surface area contributed by atoms with E-state index in [4.69, 9.17) is 4.74 Å². The van der Waals surface area contributed by atoms with Crippen LogP contribution in [0.25, 0.3) is 10.2 Å². The number of benzene rings is 1. The largest absolute Gasteiger partial charge is 0.496 e. The van der Waals surface area contributed by atoms with Gasteiger partial charge in [0.1, 0.15) is 21.8 Å². The van der Waals surface area contributed by atoms with E-state index in [1.165, 1.54) is 18.4 Å². The molecular weight excluding hydrogens is 446 g/mol. The number of allylic oxidation sites excluding steroid dienone is 1. The summed E-state index contributed by atoms with van der Waals surface area (Å²) in [5, 5.41) is 6.19. The lowest BCUT2D eigenvalue weighted by Gasteiger charge is -2.44. The molecule has 1 atom stereocenters. The molecule has 5 rings (SSSR count). The minimum Gasteiger partial charge on any atom is -0.496 e. The minimum atomic E-state index is -0.989. The van der Waals surface area contributed by atoms with Gasteiger partial charge in [-0.1, -0.05) is 29.8 Å². The molecular formula is C27H31N3O3S. The predicted molar refractivity (Wildman–Crippen MR) is 135 cm³/mol. The van der Waals surface area contributed by atoms with E-state index in [1.54, 1.807) is 23.3 Å². The lowest BCUT2D eigenvalue weighted by Crippen LogP contribution is -2.64. The molecule has 1 aliphatic heterocycles. The van der Waals surface area contributed by atoms with Crippen LogP contribution < -0.4 is 10.1 Å². The number of aromatic nitrogens is 1. The second kappa shape index (κ2) is 9.29. The number of fused-ring (bicyclic) bond motifs is 3.